The van der Waals surface area contributed by atoms with E-state index >= 15 is 0 Å². The zero-order valence-corrected chi connectivity index (χ0v) is 17.8. The highest BCUT2D eigenvalue weighted by atomic mass is 32.2. The molecule has 152 valence electrons. The largest absolute Gasteiger partial charge is 0.481 e. The van der Waals surface area contributed by atoms with Gasteiger partial charge in [-0.1, -0.05) is 32.0 Å². The summed E-state index contributed by atoms with van der Waals surface area (Å²) in [5, 5.41) is 3.00. The van der Waals surface area contributed by atoms with E-state index in [4.69, 9.17) is 4.74 Å². The number of anilines is 2. The highest BCUT2D eigenvalue weighted by Crippen LogP contribution is 2.24. The SMILES string of the molecule is CCc1cccc(CC)c1NC(=O)[C@@H](C)Oc1ccc(N(C)S(C)(=O)=O)cc1. The molecule has 0 heterocycles. The zero-order valence-electron chi connectivity index (χ0n) is 17.0. The van der Waals surface area contributed by atoms with Gasteiger partial charge in [0.05, 0.1) is 11.9 Å². The van der Waals surface area contributed by atoms with E-state index in [0.29, 0.717) is 11.4 Å². The van der Waals surface area contributed by atoms with Gasteiger partial charge in [-0.15, -0.1) is 0 Å². The molecular weight excluding hydrogens is 376 g/mol. The number of aryl methyl sites for hydroxylation is 2. The summed E-state index contributed by atoms with van der Waals surface area (Å²) in [5.41, 5.74) is 3.57. The molecule has 0 aliphatic carbocycles. The molecule has 0 aromatic heterocycles. The first-order valence-electron chi connectivity index (χ1n) is 9.29. The van der Waals surface area contributed by atoms with E-state index in [2.05, 4.69) is 19.2 Å². The first-order chi connectivity index (χ1) is 13.2. The molecule has 0 unspecified atom stereocenters. The quantitative estimate of drug-likeness (QED) is 0.729. The summed E-state index contributed by atoms with van der Waals surface area (Å²) in [7, 11) is -1.84. The van der Waals surface area contributed by atoms with Gasteiger partial charge in [0.2, 0.25) is 10.0 Å². The lowest BCUT2D eigenvalue weighted by Crippen LogP contribution is -2.31. The number of benzene rings is 2. The van der Waals surface area contributed by atoms with E-state index in [1.807, 2.05) is 18.2 Å². The van der Waals surface area contributed by atoms with Crippen molar-refractivity contribution in [2.75, 3.05) is 22.9 Å². The van der Waals surface area contributed by atoms with Crippen LogP contribution in [0.2, 0.25) is 0 Å². The van der Waals surface area contributed by atoms with Crippen molar-refractivity contribution in [3.05, 3.63) is 53.6 Å². The van der Waals surface area contributed by atoms with Crippen LogP contribution in [0.1, 0.15) is 31.9 Å². The lowest BCUT2D eigenvalue weighted by atomic mass is 10.0. The Morgan fingerprint density at radius 2 is 1.61 bits per heavy atom. The standard InChI is InChI=1S/C21H28N2O4S/c1-6-16-9-8-10-17(7-2)20(16)22-21(24)15(3)27-19-13-11-18(12-14-19)23(4)28(5,25)26/h8-15H,6-7H2,1-5H3,(H,22,24)/t15-/m1/s1. The van der Waals surface area contributed by atoms with Crippen molar-refractivity contribution in [1.29, 1.82) is 0 Å². The summed E-state index contributed by atoms with van der Waals surface area (Å²) in [5.74, 6) is 0.265. The highest BCUT2D eigenvalue weighted by Gasteiger charge is 2.18. The summed E-state index contributed by atoms with van der Waals surface area (Å²) in [4.78, 5) is 12.6. The Morgan fingerprint density at radius 3 is 2.07 bits per heavy atom. The smallest absolute Gasteiger partial charge is 0.265 e. The summed E-state index contributed by atoms with van der Waals surface area (Å²) < 4.78 is 30.1. The number of para-hydroxylation sites is 1. The predicted molar refractivity (Wildman–Crippen MR) is 114 cm³/mol. The fourth-order valence-corrected chi connectivity index (χ4v) is 3.32. The maximum atomic E-state index is 12.6. The number of carbonyl (C=O) groups is 1. The lowest BCUT2D eigenvalue weighted by molar-refractivity contribution is -0.122. The highest BCUT2D eigenvalue weighted by molar-refractivity contribution is 7.92. The number of amides is 1. The van der Waals surface area contributed by atoms with Gasteiger partial charge >= 0.3 is 0 Å². The van der Waals surface area contributed by atoms with Crippen LogP contribution in [0.15, 0.2) is 42.5 Å². The van der Waals surface area contributed by atoms with Crippen LogP contribution in [0.5, 0.6) is 5.75 Å². The average molecular weight is 405 g/mol. The van der Waals surface area contributed by atoms with Crippen LogP contribution in [0, 0.1) is 0 Å². The van der Waals surface area contributed by atoms with E-state index in [1.165, 1.54) is 11.4 Å². The molecule has 6 nitrogen and oxygen atoms in total. The van der Waals surface area contributed by atoms with Gasteiger partial charge in [0.25, 0.3) is 5.91 Å². The van der Waals surface area contributed by atoms with Gasteiger partial charge < -0.3 is 10.1 Å². The van der Waals surface area contributed by atoms with E-state index in [0.717, 1.165) is 35.9 Å². The van der Waals surface area contributed by atoms with Crippen molar-refractivity contribution in [2.24, 2.45) is 0 Å². The fourth-order valence-electron chi connectivity index (χ4n) is 2.81. The minimum atomic E-state index is -3.32. The number of ether oxygens (including phenoxy) is 1. The molecule has 0 saturated heterocycles. The van der Waals surface area contributed by atoms with Crippen LogP contribution < -0.4 is 14.4 Å². The van der Waals surface area contributed by atoms with Crippen molar-refractivity contribution < 1.29 is 17.9 Å². The predicted octanol–water partition coefficient (Wildman–Crippen LogP) is 3.61. The van der Waals surface area contributed by atoms with Gasteiger partial charge in [0.1, 0.15) is 5.75 Å². The third-order valence-corrected chi connectivity index (χ3v) is 5.83. The van der Waals surface area contributed by atoms with Crippen molar-refractivity contribution in [3.8, 4) is 5.75 Å². The molecule has 0 saturated carbocycles. The van der Waals surface area contributed by atoms with E-state index in [9.17, 15) is 13.2 Å². The molecule has 1 amide bonds. The maximum Gasteiger partial charge on any atom is 0.265 e. The Balaban J connectivity index is 2.09. The van der Waals surface area contributed by atoms with Gasteiger partial charge in [-0.25, -0.2) is 8.42 Å². The summed E-state index contributed by atoms with van der Waals surface area (Å²) in [6.07, 6.45) is 2.10. The number of hydrogen-bond acceptors (Lipinski definition) is 4. The minimum absolute atomic E-state index is 0.229. The minimum Gasteiger partial charge on any atom is -0.481 e. The molecule has 0 spiro atoms. The molecule has 2 aromatic carbocycles. The number of nitrogens with zero attached hydrogens (tertiary/aromatic N) is 1. The van der Waals surface area contributed by atoms with Gasteiger partial charge in [0.15, 0.2) is 6.10 Å². The molecule has 0 fully saturated rings. The van der Waals surface area contributed by atoms with Crippen LogP contribution >= 0.6 is 0 Å². The molecule has 28 heavy (non-hydrogen) atoms. The lowest BCUT2D eigenvalue weighted by Gasteiger charge is -2.19. The van der Waals surface area contributed by atoms with Crippen LogP contribution in [-0.4, -0.2) is 33.7 Å². The third-order valence-electron chi connectivity index (χ3n) is 4.63. The summed E-state index contributed by atoms with van der Waals surface area (Å²) in [6, 6.07) is 12.6. The first kappa shape index (κ1) is 21.8. The molecule has 0 aliphatic rings. The van der Waals surface area contributed by atoms with E-state index in [-0.39, 0.29) is 5.91 Å². The average Bonchev–Trinajstić information content (AvgIpc) is 2.67. The van der Waals surface area contributed by atoms with E-state index in [1.54, 1.807) is 31.2 Å². The number of rotatable bonds is 8. The second-order valence-electron chi connectivity index (χ2n) is 6.63. The van der Waals surface area contributed by atoms with Crippen molar-refractivity contribution in [2.45, 2.75) is 39.7 Å². The second kappa shape index (κ2) is 9.10. The third kappa shape index (κ3) is 5.25. The monoisotopic (exact) mass is 404 g/mol. The van der Waals surface area contributed by atoms with E-state index < -0.39 is 16.1 Å². The normalized spacial score (nSPS) is 12.3. The number of sulfonamides is 1. The van der Waals surface area contributed by atoms with Crippen LogP contribution in [0.25, 0.3) is 0 Å². The Labute approximate surface area is 167 Å². The maximum absolute atomic E-state index is 12.6. The van der Waals surface area contributed by atoms with Crippen LogP contribution in [-0.2, 0) is 27.7 Å². The molecule has 0 radical (unpaired) electrons. The van der Waals surface area contributed by atoms with Gasteiger partial charge in [0, 0.05) is 12.7 Å². The number of carbonyl (C=O) groups excluding carboxylic acids is 1. The Hall–Kier alpha value is -2.54. The molecule has 2 rings (SSSR count). The van der Waals surface area contributed by atoms with Crippen molar-refractivity contribution in [1.82, 2.24) is 0 Å². The second-order valence-corrected chi connectivity index (χ2v) is 8.65. The Morgan fingerprint density at radius 1 is 1.07 bits per heavy atom. The fraction of sp³-hybridized carbons (Fsp3) is 0.381. The molecule has 0 bridgehead atoms. The Bertz CT molecular complexity index is 902. The van der Waals surface area contributed by atoms with Crippen molar-refractivity contribution in [3.63, 3.8) is 0 Å². The first-order valence-corrected chi connectivity index (χ1v) is 11.1. The van der Waals surface area contributed by atoms with Crippen LogP contribution in [0.4, 0.5) is 11.4 Å². The summed E-state index contributed by atoms with van der Waals surface area (Å²) >= 11 is 0. The summed E-state index contributed by atoms with van der Waals surface area (Å²) in [6.45, 7) is 5.80. The molecule has 0 aliphatic heterocycles. The topological polar surface area (TPSA) is 75.7 Å². The molecule has 1 atom stereocenters. The van der Waals surface area contributed by atoms with Gasteiger partial charge in [-0.05, 0) is 55.2 Å². The molecule has 1 N–H and O–H groups in total. The van der Waals surface area contributed by atoms with Crippen molar-refractivity contribution >= 4 is 27.3 Å². The number of nitrogens with one attached hydrogen (secondary N) is 1. The van der Waals surface area contributed by atoms with Crippen LogP contribution in [0.3, 0.4) is 0 Å². The van der Waals surface area contributed by atoms with Gasteiger partial charge in [-0.3, -0.25) is 9.10 Å². The zero-order chi connectivity index (χ0) is 20.9. The van der Waals surface area contributed by atoms with Gasteiger partial charge in [-0.2, -0.15) is 0 Å². The number of hydrogen-bond donors (Lipinski definition) is 1. The Kier molecular flexibility index (Phi) is 7.07. The molecule has 7 heteroatoms. The molecular formula is C21H28N2O4S. The molecule has 2 aromatic rings.